The van der Waals surface area contributed by atoms with Crippen LogP contribution in [-0.4, -0.2) is 13.4 Å². The number of nitrogens with one attached hydrogen (secondary N) is 1. The van der Waals surface area contributed by atoms with Crippen LogP contribution in [0.25, 0.3) is 0 Å². The lowest BCUT2D eigenvalue weighted by molar-refractivity contribution is 0.556. The lowest BCUT2D eigenvalue weighted by atomic mass is 10.3. The quantitative estimate of drug-likeness (QED) is 0.818. The molecular weight excluding hydrogens is 349 g/mol. The van der Waals surface area contributed by atoms with Gasteiger partial charge < -0.3 is 5.73 Å². The number of hydrogen-bond donors (Lipinski definition) is 2. The van der Waals surface area contributed by atoms with Gasteiger partial charge in [0.05, 0.1) is 0 Å². The molecule has 0 aliphatic carbocycles. The second kappa shape index (κ2) is 5.86. The summed E-state index contributed by atoms with van der Waals surface area (Å²) in [5, 5.41) is 0. The average molecular weight is 360 g/mol. The van der Waals surface area contributed by atoms with Crippen molar-refractivity contribution in [1.29, 1.82) is 0 Å². The molecule has 3 N–H and O–H groups in total. The number of halogens is 2. The van der Waals surface area contributed by atoms with Crippen molar-refractivity contribution >= 4 is 31.6 Å². The first-order valence-electron chi connectivity index (χ1n) is 5.53. The normalized spacial score (nSPS) is 11.5. The molecule has 8 heteroatoms. The van der Waals surface area contributed by atoms with Crippen LogP contribution in [0.15, 0.2) is 46.0 Å². The van der Waals surface area contributed by atoms with Gasteiger partial charge in [-0.25, -0.2) is 17.5 Å². The molecule has 0 aliphatic rings. The van der Waals surface area contributed by atoms with Crippen molar-refractivity contribution in [1.82, 2.24) is 9.71 Å². The minimum absolute atomic E-state index is 0.0194. The van der Waals surface area contributed by atoms with E-state index in [1.165, 1.54) is 6.20 Å². The molecule has 0 spiro atoms. The molecule has 0 saturated carbocycles. The number of pyridine rings is 1. The molecule has 0 unspecified atom stereocenters. The second-order valence-electron chi connectivity index (χ2n) is 3.99. The molecule has 0 amide bonds. The molecule has 106 valence electrons. The van der Waals surface area contributed by atoms with Gasteiger partial charge in [0.1, 0.15) is 10.7 Å². The van der Waals surface area contributed by atoms with Crippen LogP contribution in [0.1, 0.15) is 5.56 Å². The molecule has 0 aliphatic heterocycles. The maximum atomic E-state index is 13.7. The van der Waals surface area contributed by atoms with E-state index in [1.807, 2.05) is 0 Å². The molecule has 0 fully saturated rings. The fourth-order valence-electron chi connectivity index (χ4n) is 1.51. The average Bonchev–Trinajstić information content (AvgIpc) is 2.42. The van der Waals surface area contributed by atoms with Crippen LogP contribution < -0.4 is 10.5 Å². The highest BCUT2D eigenvalue weighted by Gasteiger charge is 2.20. The lowest BCUT2D eigenvalue weighted by Gasteiger charge is -2.09. The number of rotatable bonds is 4. The van der Waals surface area contributed by atoms with E-state index in [9.17, 15) is 12.8 Å². The molecule has 0 saturated heterocycles. The number of sulfonamides is 1. The molecule has 0 radical (unpaired) electrons. The summed E-state index contributed by atoms with van der Waals surface area (Å²) in [5.41, 5.74) is 6.39. The van der Waals surface area contributed by atoms with E-state index in [-0.39, 0.29) is 12.2 Å². The smallest absolute Gasteiger partial charge is 0.243 e. The summed E-state index contributed by atoms with van der Waals surface area (Å²) in [6.45, 7) is 0.0194. The van der Waals surface area contributed by atoms with Gasteiger partial charge in [-0.05, 0) is 39.7 Å². The van der Waals surface area contributed by atoms with Gasteiger partial charge in [0.2, 0.25) is 10.0 Å². The van der Waals surface area contributed by atoms with E-state index < -0.39 is 20.7 Å². The Morgan fingerprint density at radius 3 is 2.80 bits per heavy atom. The number of nitrogens with two attached hydrogens (primary N) is 1. The Hall–Kier alpha value is -1.51. The number of nitrogens with zero attached hydrogens (tertiary/aromatic N) is 1. The van der Waals surface area contributed by atoms with Gasteiger partial charge in [-0.3, -0.25) is 4.98 Å². The number of anilines is 1. The van der Waals surface area contributed by atoms with Gasteiger partial charge in [-0.2, -0.15) is 0 Å². The molecule has 2 aromatic rings. The SMILES string of the molecule is Nc1cc(S(=O)(=O)NCc2cccnc2)c(F)cc1Br. The highest BCUT2D eigenvalue weighted by Crippen LogP contribution is 2.26. The van der Waals surface area contributed by atoms with Gasteiger partial charge in [0, 0.05) is 29.1 Å². The largest absolute Gasteiger partial charge is 0.398 e. The Kier molecular flexibility index (Phi) is 4.36. The number of aromatic nitrogens is 1. The monoisotopic (exact) mass is 359 g/mol. The summed E-state index contributed by atoms with van der Waals surface area (Å²) in [6, 6.07) is 5.49. The molecule has 1 heterocycles. The number of benzene rings is 1. The third-order valence-corrected chi connectivity index (χ3v) is 4.63. The van der Waals surface area contributed by atoms with E-state index in [2.05, 4.69) is 25.6 Å². The van der Waals surface area contributed by atoms with Gasteiger partial charge in [0.25, 0.3) is 0 Å². The molecule has 2 rings (SSSR count). The van der Waals surface area contributed by atoms with Crippen molar-refractivity contribution < 1.29 is 12.8 Å². The minimum Gasteiger partial charge on any atom is -0.398 e. The Labute approximate surface area is 124 Å². The van der Waals surface area contributed by atoms with Crippen LogP contribution in [0.5, 0.6) is 0 Å². The maximum Gasteiger partial charge on any atom is 0.243 e. The van der Waals surface area contributed by atoms with E-state index in [0.717, 1.165) is 12.1 Å². The molecule has 5 nitrogen and oxygen atoms in total. The summed E-state index contributed by atoms with van der Waals surface area (Å²) in [6.07, 6.45) is 3.10. The molecule has 1 aromatic heterocycles. The van der Waals surface area contributed by atoms with Crippen LogP contribution in [0.2, 0.25) is 0 Å². The number of nitrogen functional groups attached to an aromatic ring is 1. The van der Waals surface area contributed by atoms with Crippen LogP contribution in [0.4, 0.5) is 10.1 Å². The molecule has 0 bridgehead atoms. The standard InChI is InChI=1S/C12H11BrFN3O2S/c13-9-4-10(14)12(5-11(9)15)20(18,19)17-7-8-2-1-3-16-6-8/h1-6,17H,7,15H2. The van der Waals surface area contributed by atoms with Gasteiger partial charge in [-0.15, -0.1) is 0 Å². The summed E-state index contributed by atoms with van der Waals surface area (Å²) in [7, 11) is -3.98. The molecule has 0 atom stereocenters. The predicted octanol–water partition coefficient (Wildman–Crippen LogP) is 2.04. The summed E-state index contributed by atoms with van der Waals surface area (Å²) >= 11 is 3.03. The third kappa shape index (κ3) is 3.33. The number of hydrogen-bond acceptors (Lipinski definition) is 4. The van der Waals surface area contributed by atoms with Crippen molar-refractivity contribution in [2.24, 2.45) is 0 Å². The van der Waals surface area contributed by atoms with Crippen molar-refractivity contribution in [2.45, 2.75) is 11.4 Å². The Morgan fingerprint density at radius 2 is 2.15 bits per heavy atom. The maximum absolute atomic E-state index is 13.7. The first-order valence-corrected chi connectivity index (χ1v) is 7.81. The summed E-state index contributed by atoms with van der Waals surface area (Å²) < 4.78 is 40.4. The highest BCUT2D eigenvalue weighted by molar-refractivity contribution is 9.10. The van der Waals surface area contributed by atoms with Crippen LogP contribution in [0.3, 0.4) is 0 Å². The van der Waals surface area contributed by atoms with E-state index in [1.54, 1.807) is 18.3 Å². The van der Waals surface area contributed by atoms with Crippen molar-refractivity contribution in [3.63, 3.8) is 0 Å². The van der Waals surface area contributed by atoms with Gasteiger partial charge >= 0.3 is 0 Å². The first kappa shape index (κ1) is 14.9. The van der Waals surface area contributed by atoms with Crippen molar-refractivity contribution in [3.05, 3.63) is 52.5 Å². The van der Waals surface area contributed by atoms with Crippen molar-refractivity contribution in [2.75, 3.05) is 5.73 Å². The summed E-state index contributed by atoms with van der Waals surface area (Å²) in [4.78, 5) is 3.38. The fraction of sp³-hybridized carbons (Fsp3) is 0.0833. The van der Waals surface area contributed by atoms with E-state index >= 15 is 0 Å². The molecule has 1 aromatic carbocycles. The minimum atomic E-state index is -3.98. The Morgan fingerprint density at radius 1 is 1.40 bits per heavy atom. The van der Waals surface area contributed by atoms with Crippen LogP contribution in [0, 0.1) is 5.82 Å². The molecular formula is C12H11BrFN3O2S. The first-order chi connectivity index (χ1) is 9.40. The zero-order valence-corrected chi connectivity index (χ0v) is 12.6. The van der Waals surface area contributed by atoms with Gasteiger partial charge in [0.15, 0.2) is 0 Å². The van der Waals surface area contributed by atoms with Crippen LogP contribution in [-0.2, 0) is 16.6 Å². The zero-order chi connectivity index (χ0) is 14.8. The summed E-state index contributed by atoms with van der Waals surface area (Å²) in [5.74, 6) is -0.871. The highest BCUT2D eigenvalue weighted by atomic mass is 79.9. The van der Waals surface area contributed by atoms with E-state index in [0.29, 0.717) is 10.0 Å². The predicted molar refractivity (Wildman–Crippen MR) is 76.8 cm³/mol. The second-order valence-corrected chi connectivity index (χ2v) is 6.58. The van der Waals surface area contributed by atoms with Gasteiger partial charge in [-0.1, -0.05) is 6.07 Å². The zero-order valence-electron chi connectivity index (χ0n) is 10.2. The Balaban J connectivity index is 2.25. The lowest BCUT2D eigenvalue weighted by Crippen LogP contribution is -2.24. The van der Waals surface area contributed by atoms with Crippen LogP contribution >= 0.6 is 15.9 Å². The Bertz CT molecular complexity index is 723. The van der Waals surface area contributed by atoms with E-state index in [4.69, 9.17) is 5.73 Å². The molecule has 20 heavy (non-hydrogen) atoms. The fourth-order valence-corrected chi connectivity index (χ4v) is 2.93. The third-order valence-electron chi connectivity index (χ3n) is 2.53. The van der Waals surface area contributed by atoms with Crippen molar-refractivity contribution in [3.8, 4) is 0 Å². The topological polar surface area (TPSA) is 85.1 Å².